The molecule has 0 aliphatic heterocycles. The molecule has 0 atom stereocenters. The normalized spacial score (nSPS) is 24.7. The van der Waals surface area contributed by atoms with Crippen molar-refractivity contribution < 1.29 is 30.2 Å². The molecule has 0 heterocycles. The highest BCUT2D eigenvalue weighted by Crippen LogP contribution is 2.39. The molecule has 138 valence electrons. The number of alkyl halides is 3. The average Bonchev–Trinajstić information content (AvgIpc) is 2.35. The molecule has 0 aromatic rings. The van der Waals surface area contributed by atoms with Crippen LogP contribution in [0.3, 0.4) is 0 Å². The smallest absolute Gasteiger partial charge is 0.414 e. The van der Waals surface area contributed by atoms with Gasteiger partial charge in [0.15, 0.2) is 8.32 Å². The Morgan fingerprint density at radius 2 is 1.52 bits per heavy atom. The standard InChI is InChI=1S/C14H27F3O4SSi/c1-13(2,3)23(4,5)21-12-8-6-11(7-9-12)10-20-22(18,19)14(15,16)17/h11-12H,6-10H2,1-5H3. The molecular weight excluding hydrogens is 349 g/mol. The third-order valence-electron chi connectivity index (χ3n) is 4.80. The Morgan fingerprint density at radius 1 is 1.04 bits per heavy atom. The zero-order chi connectivity index (χ0) is 18.1. The first kappa shape index (κ1) is 20.9. The Balaban J connectivity index is 2.45. The summed E-state index contributed by atoms with van der Waals surface area (Å²) >= 11 is 0. The fraction of sp³-hybridized carbons (Fsp3) is 1.00. The highest BCUT2D eigenvalue weighted by Gasteiger charge is 2.47. The van der Waals surface area contributed by atoms with Crippen molar-refractivity contribution in [1.29, 1.82) is 0 Å². The lowest BCUT2D eigenvalue weighted by Gasteiger charge is -2.41. The highest BCUT2D eigenvalue weighted by atomic mass is 32.2. The van der Waals surface area contributed by atoms with Crippen LogP contribution in [0, 0.1) is 5.92 Å². The first-order valence-corrected chi connectivity index (χ1v) is 12.1. The molecule has 0 aromatic heterocycles. The van der Waals surface area contributed by atoms with Crippen molar-refractivity contribution in [3.8, 4) is 0 Å². The summed E-state index contributed by atoms with van der Waals surface area (Å²) in [5.74, 6) is -0.175. The Labute approximate surface area is 138 Å². The molecule has 0 aromatic carbocycles. The van der Waals surface area contributed by atoms with Crippen molar-refractivity contribution in [3.63, 3.8) is 0 Å². The van der Waals surface area contributed by atoms with E-state index < -0.39 is 30.6 Å². The number of hydrogen-bond acceptors (Lipinski definition) is 4. The van der Waals surface area contributed by atoms with Crippen molar-refractivity contribution in [2.24, 2.45) is 5.92 Å². The van der Waals surface area contributed by atoms with Crippen molar-refractivity contribution >= 4 is 18.4 Å². The van der Waals surface area contributed by atoms with Crippen LogP contribution < -0.4 is 0 Å². The minimum atomic E-state index is -5.48. The molecule has 0 unspecified atom stereocenters. The summed E-state index contributed by atoms with van der Waals surface area (Å²) in [5.41, 5.74) is -5.35. The van der Waals surface area contributed by atoms with Crippen LogP contribution >= 0.6 is 0 Å². The monoisotopic (exact) mass is 376 g/mol. The van der Waals surface area contributed by atoms with E-state index in [2.05, 4.69) is 38.0 Å². The van der Waals surface area contributed by atoms with Crippen LogP contribution in [0.5, 0.6) is 0 Å². The van der Waals surface area contributed by atoms with E-state index in [0.717, 1.165) is 12.8 Å². The van der Waals surface area contributed by atoms with E-state index in [1.807, 2.05) is 0 Å². The van der Waals surface area contributed by atoms with Crippen LogP contribution in [0.4, 0.5) is 13.2 Å². The molecule has 1 rings (SSSR count). The third-order valence-corrected chi connectivity index (χ3v) is 10.4. The van der Waals surface area contributed by atoms with Crippen molar-refractivity contribution in [2.75, 3.05) is 6.61 Å². The van der Waals surface area contributed by atoms with Gasteiger partial charge in [-0.15, -0.1) is 0 Å². The second-order valence-electron chi connectivity index (χ2n) is 7.71. The largest absolute Gasteiger partial charge is 0.523 e. The van der Waals surface area contributed by atoms with Gasteiger partial charge in [-0.25, -0.2) is 0 Å². The van der Waals surface area contributed by atoms with Gasteiger partial charge in [0, 0.05) is 6.10 Å². The van der Waals surface area contributed by atoms with Crippen LogP contribution in [0.25, 0.3) is 0 Å². The maximum absolute atomic E-state index is 12.2. The lowest BCUT2D eigenvalue weighted by Crippen LogP contribution is -2.44. The van der Waals surface area contributed by atoms with Gasteiger partial charge in [-0.1, -0.05) is 20.8 Å². The average molecular weight is 377 g/mol. The van der Waals surface area contributed by atoms with Crippen LogP contribution in [-0.4, -0.2) is 35.0 Å². The second-order valence-corrected chi connectivity index (χ2v) is 14.1. The number of rotatable bonds is 5. The van der Waals surface area contributed by atoms with E-state index in [4.69, 9.17) is 4.43 Å². The SMILES string of the molecule is CC(C)(C)[Si](C)(C)OC1CCC(COS(=O)(=O)C(F)(F)F)CC1. The molecule has 4 nitrogen and oxygen atoms in total. The van der Waals surface area contributed by atoms with E-state index in [9.17, 15) is 21.6 Å². The molecule has 0 spiro atoms. The quantitative estimate of drug-likeness (QED) is 0.404. The Morgan fingerprint density at radius 3 is 1.91 bits per heavy atom. The highest BCUT2D eigenvalue weighted by molar-refractivity contribution is 7.87. The zero-order valence-electron chi connectivity index (χ0n) is 14.4. The molecule has 0 N–H and O–H groups in total. The molecule has 23 heavy (non-hydrogen) atoms. The van der Waals surface area contributed by atoms with E-state index in [-0.39, 0.29) is 17.1 Å². The number of halogens is 3. The van der Waals surface area contributed by atoms with E-state index in [0.29, 0.717) is 12.8 Å². The van der Waals surface area contributed by atoms with E-state index >= 15 is 0 Å². The molecule has 1 aliphatic rings. The molecule has 0 radical (unpaired) electrons. The lowest BCUT2D eigenvalue weighted by atomic mass is 9.88. The predicted molar refractivity (Wildman–Crippen MR) is 85.0 cm³/mol. The predicted octanol–water partition coefficient (Wildman–Crippen LogP) is 4.43. The molecule has 9 heteroatoms. The Hall–Kier alpha value is -0.123. The lowest BCUT2D eigenvalue weighted by molar-refractivity contribution is -0.0556. The molecule has 1 fully saturated rings. The molecule has 0 bridgehead atoms. The van der Waals surface area contributed by atoms with Crippen molar-refractivity contribution in [1.82, 2.24) is 0 Å². The Kier molecular flexibility index (Phi) is 6.38. The molecule has 1 aliphatic carbocycles. The maximum Gasteiger partial charge on any atom is 0.523 e. The summed E-state index contributed by atoms with van der Waals surface area (Å²) in [4.78, 5) is 0. The fourth-order valence-electron chi connectivity index (χ4n) is 2.26. The van der Waals surface area contributed by atoms with Gasteiger partial charge < -0.3 is 4.43 Å². The second kappa shape index (κ2) is 7.01. The zero-order valence-corrected chi connectivity index (χ0v) is 16.2. The third kappa shape index (κ3) is 5.72. The summed E-state index contributed by atoms with van der Waals surface area (Å²) in [6.45, 7) is 10.4. The van der Waals surface area contributed by atoms with Crippen LogP contribution in [0.15, 0.2) is 0 Å². The van der Waals surface area contributed by atoms with Gasteiger partial charge in [0.05, 0.1) is 6.61 Å². The van der Waals surface area contributed by atoms with Crippen molar-refractivity contribution in [3.05, 3.63) is 0 Å². The van der Waals surface area contributed by atoms with Crippen molar-refractivity contribution in [2.45, 2.75) is 76.2 Å². The van der Waals surface area contributed by atoms with Crippen LogP contribution in [-0.2, 0) is 18.7 Å². The van der Waals surface area contributed by atoms with Gasteiger partial charge in [0.25, 0.3) is 0 Å². The summed E-state index contributed by atoms with van der Waals surface area (Å²) < 4.78 is 68.9. The summed E-state index contributed by atoms with van der Waals surface area (Å²) in [7, 11) is -7.35. The molecular formula is C14H27F3O4SSi. The van der Waals surface area contributed by atoms with Crippen LogP contribution in [0.2, 0.25) is 18.1 Å². The Bertz CT molecular complexity index is 489. The molecule has 0 saturated heterocycles. The topological polar surface area (TPSA) is 52.6 Å². The fourth-order valence-corrected chi connectivity index (χ4v) is 4.19. The van der Waals surface area contributed by atoms with Gasteiger partial charge in [0.2, 0.25) is 0 Å². The number of hydrogen-bond donors (Lipinski definition) is 0. The summed E-state index contributed by atoms with van der Waals surface area (Å²) in [6.07, 6.45) is 2.80. The minimum Gasteiger partial charge on any atom is -0.414 e. The molecule has 1 saturated carbocycles. The van der Waals surface area contributed by atoms with Gasteiger partial charge in [-0.05, 0) is 49.7 Å². The summed E-state index contributed by atoms with van der Waals surface area (Å²) in [6, 6.07) is 0. The first-order valence-electron chi connectivity index (χ1n) is 7.79. The van der Waals surface area contributed by atoms with Gasteiger partial charge in [-0.3, -0.25) is 4.18 Å². The van der Waals surface area contributed by atoms with Crippen LogP contribution in [0.1, 0.15) is 46.5 Å². The summed E-state index contributed by atoms with van der Waals surface area (Å²) in [5, 5.41) is 0.105. The van der Waals surface area contributed by atoms with Gasteiger partial charge in [0.1, 0.15) is 0 Å². The first-order chi connectivity index (χ1) is 10.2. The minimum absolute atomic E-state index is 0.103. The van der Waals surface area contributed by atoms with E-state index in [1.165, 1.54) is 0 Å². The van der Waals surface area contributed by atoms with Gasteiger partial charge >= 0.3 is 15.6 Å². The maximum atomic E-state index is 12.2. The molecule has 0 amide bonds. The van der Waals surface area contributed by atoms with Gasteiger partial charge in [-0.2, -0.15) is 21.6 Å². The van der Waals surface area contributed by atoms with E-state index in [1.54, 1.807) is 0 Å².